The number of ketones is 1. The van der Waals surface area contributed by atoms with Gasteiger partial charge in [0.25, 0.3) is 0 Å². The molecule has 102 valence electrons. The molecule has 5 heteroatoms. The molecule has 2 heterocycles. The summed E-state index contributed by atoms with van der Waals surface area (Å²) in [7, 11) is 0. The van der Waals surface area contributed by atoms with E-state index in [4.69, 9.17) is 0 Å². The van der Waals surface area contributed by atoms with Gasteiger partial charge in [0.15, 0.2) is 5.78 Å². The summed E-state index contributed by atoms with van der Waals surface area (Å²) in [4.78, 5) is 23.4. The molecule has 0 bridgehead atoms. The van der Waals surface area contributed by atoms with Crippen molar-refractivity contribution >= 4 is 23.5 Å². The summed E-state index contributed by atoms with van der Waals surface area (Å²) in [6.07, 6.45) is 3.20. The SMILES string of the molecule is CC1(C)CC(=O)c2cnc(N3CCSCC3)nc2C1. The zero-order valence-electron chi connectivity index (χ0n) is 11.5. The van der Waals surface area contributed by atoms with Gasteiger partial charge in [-0.05, 0) is 11.8 Å². The average Bonchev–Trinajstić information content (AvgIpc) is 2.37. The van der Waals surface area contributed by atoms with Crippen molar-refractivity contribution in [2.75, 3.05) is 29.5 Å². The zero-order valence-corrected chi connectivity index (χ0v) is 12.3. The van der Waals surface area contributed by atoms with E-state index in [2.05, 4.69) is 28.7 Å². The van der Waals surface area contributed by atoms with E-state index in [0.29, 0.717) is 6.42 Å². The number of carbonyl (C=O) groups excluding carboxylic acids is 1. The Labute approximate surface area is 118 Å². The molecule has 4 nitrogen and oxygen atoms in total. The Bertz CT molecular complexity index is 509. The van der Waals surface area contributed by atoms with Crippen molar-refractivity contribution in [3.63, 3.8) is 0 Å². The van der Waals surface area contributed by atoms with E-state index in [-0.39, 0.29) is 11.2 Å². The smallest absolute Gasteiger partial charge is 0.225 e. The van der Waals surface area contributed by atoms with Crippen molar-refractivity contribution in [3.05, 3.63) is 17.5 Å². The van der Waals surface area contributed by atoms with Crippen molar-refractivity contribution in [3.8, 4) is 0 Å². The summed E-state index contributed by atoms with van der Waals surface area (Å²) in [6.45, 7) is 6.27. The molecular weight excluding hydrogens is 258 g/mol. The largest absolute Gasteiger partial charge is 0.339 e. The summed E-state index contributed by atoms with van der Waals surface area (Å²) < 4.78 is 0. The van der Waals surface area contributed by atoms with Crippen LogP contribution in [-0.2, 0) is 6.42 Å². The molecule has 2 aliphatic rings. The lowest BCUT2D eigenvalue weighted by molar-refractivity contribution is 0.0909. The molecule has 1 fully saturated rings. The number of anilines is 1. The van der Waals surface area contributed by atoms with Crippen LogP contribution in [0, 0.1) is 5.41 Å². The Morgan fingerprint density at radius 1 is 1.26 bits per heavy atom. The topological polar surface area (TPSA) is 46.1 Å². The molecule has 1 aliphatic carbocycles. The molecule has 19 heavy (non-hydrogen) atoms. The van der Waals surface area contributed by atoms with Crippen molar-refractivity contribution in [1.29, 1.82) is 0 Å². The maximum atomic E-state index is 12.1. The fourth-order valence-corrected chi connectivity index (χ4v) is 3.64. The number of hydrogen-bond donors (Lipinski definition) is 0. The van der Waals surface area contributed by atoms with Gasteiger partial charge in [-0.15, -0.1) is 0 Å². The summed E-state index contributed by atoms with van der Waals surface area (Å²) >= 11 is 1.97. The van der Waals surface area contributed by atoms with E-state index in [1.807, 2.05) is 11.8 Å². The molecule has 1 aliphatic heterocycles. The first-order chi connectivity index (χ1) is 9.05. The molecule has 0 unspecified atom stereocenters. The third-order valence-electron chi connectivity index (χ3n) is 3.73. The van der Waals surface area contributed by atoms with Gasteiger partial charge in [0, 0.05) is 37.2 Å². The normalized spacial score (nSPS) is 22.2. The number of hydrogen-bond acceptors (Lipinski definition) is 5. The van der Waals surface area contributed by atoms with Crippen LogP contribution >= 0.6 is 11.8 Å². The van der Waals surface area contributed by atoms with E-state index in [1.165, 1.54) is 0 Å². The highest BCUT2D eigenvalue weighted by Gasteiger charge is 2.32. The number of fused-ring (bicyclic) bond motifs is 1. The highest BCUT2D eigenvalue weighted by Crippen LogP contribution is 2.34. The van der Waals surface area contributed by atoms with Crippen LogP contribution in [0.5, 0.6) is 0 Å². The summed E-state index contributed by atoms with van der Waals surface area (Å²) in [6, 6.07) is 0. The lowest BCUT2D eigenvalue weighted by atomic mass is 9.76. The van der Waals surface area contributed by atoms with Gasteiger partial charge in [0.05, 0.1) is 11.3 Å². The molecular formula is C14H19N3OS. The Hall–Kier alpha value is -1.10. The van der Waals surface area contributed by atoms with Gasteiger partial charge in [-0.25, -0.2) is 9.97 Å². The second kappa shape index (κ2) is 4.78. The van der Waals surface area contributed by atoms with Crippen LogP contribution in [0.1, 0.15) is 36.3 Å². The molecule has 1 saturated heterocycles. The molecule has 1 aromatic rings. The minimum absolute atomic E-state index is 0.0213. The fourth-order valence-electron chi connectivity index (χ4n) is 2.74. The van der Waals surface area contributed by atoms with Crippen LogP contribution in [0.25, 0.3) is 0 Å². The van der Waals surface area contributed by atoms with Gasteiger partial charge in [-0.3, -0.25) is 4.79 Å². The molecule has 1 aromatic heterocycles. The lowest BCUT2D eigenvalue weighted by Gasteiger charge is -2.31. The number of nitrogens with zero attached hydrogens (tertiary/aromatic N) is 3. The Morgan fingerprint density at radius 2 is 2.00 bits per heavy atom. The highest BCUT2D eigenvalue weighted by molar-refractivity contribution is 7.99. The maximum absolute atomic E-state index is 12.1. The van der Waals surface area contributed by atoms with Crippen molar-refractivity contribution < 1.29 is 4.79 Å². The third-order valence-corrected chi connectivity index (χ3v) is 4.68. The quantitative estimate of drug-likeness (QED) is 0.787. The molecule has 0 N–H and O–H groups in total. The number of thioether (sulfide) groups is 1. The van der Waals surface area contributed by atoms with Gasteiger partial charge in [-0.1, -0.05) is 13.8 Å². The molecule has 0 amide bonds. The van der Waals surface area contributed by atoms with Crippen molar-refractivity contribution in [2.45, 2.75) is 26.7 Å². The van der Waals surface area contributed by atoms with E-state index in [9.17, 15) is 4.79 Å². The van der Waals surface area contributed by atoms with Crippen LogP contribution in [-0.4, -0.2) is 40.3 Å². The minimum Gasteiger partial charge on any atom is -0.339 e. The van der Waals surface area contributed by atoms with Crippen LogP contribution in [0.4, 0.5) is 5.95 Å². The minimum atomic E-state index is 0.0213. The number of rotatable bonds is 1. The van der Waals surface area contributed by atoms with E-state index in [0.717, 1.165) is 48.2 Å². The third kappa shape index (κ3) is 2.61. The van der Waals surface area contributed by atoms with Gasteiger partial charge in [-0.2, -0.15) is 11.8 Å². The van der Waals surface area contributed by atoms with Gasteiger partial charge in [0.2, 0.25) is 5.95 Å². The molecule has 3 rings (SSSR count). The van der Waals surface area contributed by atoms with E-state index in [1.54, 1.807) is 6.20 Å². The first kappa shape index (κ1) is 12.9. The highest BCUT2D eigenvalue weighted by atomic mass is 32.2. The standard InChI is InChI=1S/C14H19N3OS/c1-14(2)7-11-10(12(18)8-14)9-15-13(16-11)17-3-5-19-6-4-17/h9H,3-8H2,1-2H3. The van der Waals surface area contributed by atoms with E-state index >= 15 is 0 Å². The zero-order chi connectivity index (χ0) is 13.5. The monoisotopic (exact) mass is 277 g/mol. The Kier molecular flexibility index (Phi) is 3.25. The van der Waals surface area contributed by atoms with Crippen LogP contribution in [0.3, 0.4) is 0 Å². The molecule has 0 spiro atoms. The first-order valence-electron chi connectivity index (χ1n) is 6.77. The average molecular weight is 277 g/mol. The van der Waals surface area contributed by atoms with Gasteiger partial charge < -0.3 is 4.90 Å². The van der Waals surface area contributed by atoms with Crippen molar-refractivity contribution in [2.24, 2.45) is 5.41 Å². The van der Waals surface area contributed by atoms with Gasteiger partial charge >= 0.3 is 0 Å². The second-order valence-electron chi connectivity index (χ2n) is 6.07. The van der Waals surface area contributed by atoms with Gasteiger partial charge in [0.1, 0.15) is 0 Å². The molecule has 0 aromatic carbocycles. The van der Waals surface area contributed by atoms with Crippen LogP contribution in [0.15, 0.2) is 6.20 Å². The number of Topliss-reactive ketones (excluding diaryl/α,β-unsaturated/α-hetero) is 1. The molecule has 0 radical (unpaired) electrons. The lowest BCUT2D eigenvalue weighted by Crippen LogP contribution is -2.35. The van der Waals surface area contributed by atoms with Crippen molar-refractivity contribution in [1.82, 2.24) is 9.97 Å². The predicted molar refractivity (Wildman–Crippen MR) is 78.0 cm³/mol. The fraction of sp³-hybridized carbons (Fsp3) is 0.643. The predicted octanol–water partition coefficient (Wildman–Crippen LogP) is 2.18. The number of carbonyl (C=O) groups is 1. The first-order valence-corrected chi connectivity index (χ1v) is 7.92. The maximum Gasteiger partial charge on any atom is 0.225 e. The molecule has 0 saturated carbocycles. The summed E-state index contributed by atoms with van der Waals surface area (Å²) in [5.74, 6) is 3.24. The number of aromatic nitrogens is 2. The van der Waals surface area contributed by atoms with Crippen LogP contribution < -0.4 is 4.90 Å². The molecule has 0 atom stereocenters. The van der Waals surface area contributed by atoms with E-state index < -0.39 is 0 Å². The van der Waals surface area contributed by atoms with Crippen LogP contribution in [0.2, 0.25) is 0 Å². The Morgan fingerprint density at radius 3 is 2.74 bits per heavy atom. The Balaban J connectivity index is 1.92. The summed E-state index contributed by atoms with van der Waals surface area (Å²) in [5.41, 5.74) is 1.69. The second-order valence-corrected chi connectivity index (χ2v) is 7.30. The summed E-state index contributed by atoms with van der Waals surface area (Å²) in [5, 5.41) is 0.